The van der Waals surface area contributed by atoms with E-state index in [4.69, 9.17) is 0 Å². The summed E-state index contributed by atoms with van der Waals surface area (Å²) in [6.45, 7) is 2.35. The van der Waals surface area contributed by atoms with Crippen LogP contribution in [0.15, 0.2) is 29.2 Å². The lowest BCUT2D eigenvalue weighted by molar-refractivity contribution is -0.123. The van der Waals surface area contributed by atoms with Crippen LogP contribution in [-0.4, -0.2) is 38.3 Å². The van der Waals surface area contributed by atoms with Gasteiger partial charge in [-0.15, -0.1) is 0 Å². The number of benzene rings is 1. The fraction of sp³-hybridized carbons (Fsp3) is 0.533. The molecule has 6 heteroatoms. The second-order valence-electron chi connectivity index (χ2n) is 5.62. The minimum atomic E-state index is -3.67. The number of hydrogen-bond acceptors (Lipinski definition) is 4. The molecule has 2 heterocycles. The lowest BCUT2D eigenvalue weighted by atomic mass is 10.1. The summed E-state index contributed by atoms with van der Waals surface area (Å²) in [6, 6.07) is 6.92. The lowest BCUT2D eigenvalue weighted by Crippen LogP contribution is -2.32. The van der Waals surface area contributed by atoms with E-state index < -0.39 is 10.0 Å². The number of carbonyl (C=O) groups excluding carboxylic acids is 1. The smallest absolute Gasteiger partial charge is 0.266 e. The van der Waals surface area contributed by atoms with Gasteiger partial charge in [0.2, 0.25) is 5.91 Å². The van der Waals surface area contributed by atoms with Crippen molar-refractivity contribution in [1.29, 1.82) is 0 Å². The number of piperidine rings is 1. The highest BCUT2D eigenvalue weighted by Crippen LogP contribution is 2.25. The number of amides is 1. The quantitative estimate of drug-likeness (QED) is 0.857. The Balaban J connectivity index is 1.81. The summed E-state index contributed by atoms with van der Waals surface area (Å²) in [5.41, 5.74) is 1.06. The maximum absolute atomic E-state index is 12.4. The van der Waals surface area contributed by atoms with Gasteiger partial charge in [0.05, 0.1) is 4.90 Å². The Morgan fingerprint density at radius 3 is 2.10 bits per heavy atom. The van der Waals surface area contributed by atoms with Gasteiger partial charge in [-0.3, -0.25) is 4.79 Å². The van der Waals surface area contributed by atoms with Crippen molar-refractivity contribution in [2.45, 2.75) is 37.0 Å². The highest BCUT2D eigenvalue weighted by atomic mass is 32.2. The van der Waals surface area contributed by atoms with E-state index in [1.165, 1.54) is 19.3 Å². The maximum Gasteiger partial charge on any atom is 0.266 e. The molecular formula is C15H20N2O3S. The molecule has 5 nitrogen and oxygen atoms in total. The number of anilines is 1. The summed E-state index contributed by atoms with van der Waals surface area (Å²) in [5, 5.41) is 0. The molecule has 1 aromatic rings. The molecule has 0 atom stereocenters. The van der Waals surface area contributed by atoms with Crippen molar-refractivity contribution < 1.29 is 13.2 Å². The molecule has 1 amide bonds. The first-order chi connectivity index (χ1) is 10.1. The van der Waals surface area contributed by atoms with Crippen LogP contribution in [0.25, 0.3) is 0 Å². The number of carbonyl (C=O) groups is 1. The largest absolute Gasteiger partial charge is 0.372 e. The first-order valence-electron chi connectivity index (χ1n) is 7.49. The van der Waals surface area contributed by atoms with Crippen LogP contribution in [0.5, 0.6) is 0 Å². The molecule has 2 aliphatic rings. The summed E-state index contributed by atoms with van der Waals surface area (Å²) in [4.78, 5) is 14.1. The standard InChI is InChI=1S/C15H20N2O3S/c18-15-5-4-12-17(15)21(19,20)14-8-6-13(7-9-14)16-10-2-1-3-11-16/h6-9H,1-5,10-12H2. The zero-order valence-electron chi connectivity index (χ0n) is 12.0. The van der Waals surface area contributed by atoms with E-state index in [2.05, 4.69) is 4.90 Å². The van der Waals surface area contributed by atoms with E-state index in [9.17, 15) is 13.2 Å². The van der Waals surface area contributed by atoms with Crippen LogP contribution in [0.2, 0.25) is 0 Å². The van der Waals surface area contributed by atoms with E-state index in [1.54, 1.807) is 12.1 Å². The van der Waals surface area contributed by atoms with Crippen LogP contribution < -0.4 is 4.90 Å². The third-order valence-corrected chi connectivity index (χ3v) is 6.01. The van der Waals surface area contributed by atoms with Gasteiger partial charge in [0.1, 0.15) is 0 Å². The van der Waals surface area contributed by atoms with E-state index in [-0.39, 0.29) is 10.8 Å². The molecule has 0 bridgehead atoms. The van der Waals surface area contributed by atoms with Gasteiger partial charge in [-0.05, 0) is 49.9 Å². The Labute approximate surface area is 125 Å². The Kier molecular flexibility index (Phi) is 3.89. The Morgan fingerprint density at radius 1 is 0.857 bits per heavy atom. The van der Waals surface area contributed by atoms with Crippen molar-refractivity contribution in [2.24, 2.45) is 0 Å². The minimum Gasteiger partial charge on any atom is -0.372 e. The summed E-state index contributed by atoms with van der Waals surface area (Å²) >= 11 is 0. The molecule has 0 unspecified atom stereocenters. The summed E-state index contributed by atoms with van der Waals surface area (Å²) in [6.07, 6.45) is 4.57. The maximum atomic E-state index is 12.4. The van der Waals surface area contributed by atoms with Gasteiger partial charge in [0.15, 0.2) is 0 Å². The number of hydrogen-bond donors (Lipinski definition) is 0. The van der Waals surface area contributed by atoms with E-state index in [1.807, 2.05) is 12.1 Å². The number of nitrogens with zero attached hydrogens (tertiary/aromatic N) is 2. The van der Waals surface area contributed by atoms with Crippen LogP contribution in [0.3, 0.4) is 0 Å². The summed E-state index contributed by atoms with van der Waals surface area (Å²) < 4.78 is 25.9. The van der Waals surface area contributed by atoms with Crippen molar-refractivity contribution >= 4 is 21.6 Å². The lowest BCUT2D eigenvalue weighted by Gasteiger charge is -2.29. The fourth-order valence-corrected chi connectivity index (χ4v) is 4.45. The van der Waals surface area contributed by atoms with Crippen molar-refractivity contribution in [3.63, 3.8) is 0 Å². The van der Waals surface area contributed by atoms with Gasteiger partial charge >= 0.3 is 0 Å². The molecule has 0 spiro atoms. The second kappa shape index (κ2) is 5.67. The molecule has 0 aromatic heterocycles. The zero-order valence-corrected chi connectivity index (χ0v) is 12.8. The first kappa shape index (κ1) is 14.4. The fourth-order valence-electron chi connectivity index (χ4n) is 2.99. The van der Waals surface area contributed by atoms with Crippen molar-refractivity contribution in [3.05, 3.63) is 24.3 Å². The summed E-state index contributed by atoms with van der Waals surface area (Å²) in [5.74, 6) is -0.296. The Morgan fingerprint density at radius 2 is 1.52 bits per heavy atom. The van der Waals surface area contributed by atoms with Crippen LogP contribution in [0, 0.1) is 0 Å². The van der Waals surface area contributed by atoms with Gasteiger partial charge in [-0.25, -0.2) is 12.7 Å². The van der Waals surface area contributed by atoms with Crippen molar-refractivity contribution in [3.8, 4) is 0 Å². The summed E-state index contributed by atoms with van der Waals surface area (Å²) in [7, 11) is -3.67. The average Bonchev–Trinajstić information content (AvgIpc) is 2.95. The van der Waals surface area contributed by atoms with Gasteiger partial charge in [0.25, 0.3) is 10.0 Å². The molecule has 0 aliphatic carbocycles. The number of sulfonamides is 1. The van der Waals surface area contributed by atoms with Crippen LogP contribution in [-0.2, 0) is 14.8 Å². The van der Waals surface area contributed by atoms with E-state index >= 15 is 0 Å². The molecule has 2 fully saturated rings. The minimum absolute atomic E-state index is 0.207. The van der Waals surface area contributed by atoms with Crippen molar-refractivity contribution in [2.75, 3.05) is 24.5 Å². The Hall–Kier alpha value is -1.56. The topological polar surface area (TPSA) is 57.7 Å². The average molecular weight is 308 g/mol. The SMILES string of the molecule is O=C1CCCN1S(=O)(=O)c1ccc(N2CCCCC2)cc1. The van der Waals surface area contributed by atoms with Crippen LogP contribution >= 0.6 is 0 Å². The molecule has 2 aliphatic heterocycles. The van der Waals surface area contributed by atoms with Gasteiger partial charge in [-0.1, -0.05) is 0 Å². The predicted octanol–water partition coefficient (Wildman–Crippen LogP) is 1.99. The third-order valence-electron chi connectivity index (χ3n) is 4.18. The molecule has 0 N–H and O–H groups in total. The van der Waals surface area contributed by atoms with E-state index in [0.29, 0.717) is 19.4 Å². The van der Waals surface area contributed by atoms with Crippen LogP contribution in [0.1, 0.15) is 32.1 Å². The normalized spacial score (nSPS) is 20.1. The predicted molar refractivity (Wildman–Crippen MR) is 80.6 cm³/mol. The Bertz CT molecular complexity index is 619. The highest BCUT2D eigenvalue weighted by molar-refractivity contribution is 7.89. The molecule has 0 saturated carbocycles. The third kappa shape index (κ3) is 2.77. The van der Waals surface area contributed by atoms with Gasteiger partial charge in [-0.2, -0.15) is 0 Å². The molecular weight excluding hydrogens is 288 g/mol. The zero-order chi connectivity index (χ0) is 14.9. The molecule has 114 valence electrons. The molecule has 1 aromatic carbocycles. The van der Waals surface area contributed by atoms with Crippen LogP contribution in [0.4, 0.5) is 5.69 Å². The monoisotopic (exact) mass is 308 g/mol. The molecule has 3 rings (SSSR count). The van der Waals surface area contributed by atoms with Gasteiger partial charge in [0, 0.05) is 31.7 Å². The second-order valence-corrected chi connectivity index (χ2v) is 7.48. The van der Waals surface area contributed by atoms with Crippen molar-refractivity contribution in [1.82, 2.24) is 4.31 Å². The highest BCUT2D eigenvalue weighted by Gasteiger charge is 2.32. The first-order valence-corrected chi connectivity index (χ1v) is 8.94. The molecule has 0 radical (unpaired) electrons. The number of rotatable bonds is 3. The van der Waals surface area contributed by atoms with Gasteiger partial charge < -0.3 is 4.90 Å². The van der Waals surface area contributed by atoms with E-state index in [0.717, 1.165) is 23.1 Å². The molecule has 2 saturated heterocycles. The molecule has 21 heavy (non-hydrogen) atoms.